The van der Waals surface area contributed by atoms with E-state index in [1.165, 1.54) is 0 Å². The molecule has 1 aliphatic rings. The number of rotatable bonds is 5. The van der Waals surface area contributed by atoms with Gasteiger partial charge >= 0.3 is 0 Å². The van der Waals surface area contributed by atoms with Crippen LogP contribution >= 0.6 is 11.6 Å². The molecule has 0 radical (unpaired) electrons. The third-order valence-corrected chi connectivity index (χ3v) is 5.48. The molecule has 30 heavy (non-hydrogen) atoms. The van der Waals surface area contributed by atoms with Gasteiger partial charge in [0, 0.05) is 58.4 Å². The van der Waals surface area contributed by atoms with Gasteiger partial charge in [-0.25, -0.2) is 0 Å². The number of halogens is 1. The van der Waals surface area contributed by atoms with Gasteiger partial charge in [-0.2, -0.15) is 0 Å². The fourth-order valence-electron chi connectivity index (χ4n) is 3.76. The molecule has 156 valence electrons. The van der Waals surface area contributed by atoms with Crippen LogP contribution in [0.3, 0.4) is 0 Å². The summed E-state index contributed by atoms with van der Waals surface area (Å²) in [5.41, 5.74) is 2.98. The number of amides is 1. The van der Waals surface area contributed by atoms with Crippen LogP contribution in [-0.2, 0) is 17.8 Å². The minimum Gasteiger partial charge on any atom is -0.493 e. The van der Waals surface area contributed by atoms with Gasteiger partial charge in [0.2, 0.25) is 5.91 Å². The van der Waals surface area contributed by atoms with Crippen molar-refractivity contribution in [3.8, 4) is 11.5 Å². The smallest absolute Gasteiger partial charge is 0.238 e. The van der Waals surface area contributed by atoms with Gasteiger partial charge in [0.1, 0.15) is 0 Å². The van der Waals surface area contributed by atoms with E-state index in [2.05, 4.69) is 10.3 Å². The summed E-state index contributed by atoms with van der Waals surface area (Å²) in [6.45, 7) is 1.27. The Morgan fingerprint density at radius 2 is 1.97 bits per heavy atom. The van der Waals surface area contributed by atoms with Gasteiger partial charge in [-0.3, -0.25) is 14.5 Å². The number of nitrogens with zero attached hydrogens (tertiary/aromatic N) is 1. The number of carbonyl (C=O) groups excluding carboxylic acids is 1. The highest BCUT2D eigenvalue weighted by atomic mass is 35.5. The zero-order valence-corrected chi connectivity index (χ0v) is 17.5. The standard InChI is InChI=1S/C22H22ClN3O4/c1-29-19-6-4-14(10-20(19)30-2)24-21(27)12-26-8-7-18-16(11-26)22(28)15-9-13(23)3-5-17(15)25-18/h3-6,9-10H,7-8,11-12H2,1-2H3,(H,24,27)(H,25,28). The average Bonchev–Trinajstić information content (AvgIpc) is 2.74. The Labute approximate surface area is 178 Å². The van der Waals surface area contributed by atoms with Crippen LogP contribution in [0.1, 0.15) is 11.3 Å². The molecule has 1 aliphatic heterocycles. The van der Waals surface area contributed by atoms with Crippen LogP contribution in [0.15, 0.2) is 41.2 Å². The summed E-state index contributed by atoms with van der Waals surface area (Å²) in [6.07, 6.45) is 0.673. The van der Waals surface area contributed by atoms with Crippen LogP contribution in [0.25, 0.3) is 10.9 Å². The van der Waals surface area contributed by atoms with Gasteiger partial charge in [0.25, 0.3) is 0 Å². The summed E-state index contributed by atoms with van der Waals surface area (Å²) < 4.78 is 10.5. The molecule has 0 unspecified atom stereocenters. The number of aromatic nitrogens is 1. The van der Waals surface area contributed by atoms with Crippen molar-refractivity contribution < 1.29 is 14.3 Å². The number of ether oxygens (including phenoxy) is 2. The lowest BCUT2D eigenvalue weighted by Crippen LogP contribution is -2.39. The first-order chi connectivity index (χ1) is 14.5. The van der Waals surface area contributed by atoms with Gasteiger partial charge in [-0.05, 0) is 30.3 Å². The van der Waals surface area contributed by atoms with Crippen molar-refractivity contribution in [3.05, 3.63) is 62.9 Å². The van der Waals surface area contributed by atoms with Crippen molar-refractivity contribution in [2.24, 2.45) is 0 Å². The van der Waals surface area contributed by atoms with Crippen LogP contribution in [0.5, 0.6) is 11.5 Å². The number of anilines is 1. The third-order valence-electron chi connectivity index (χ3n) is 5.24. The highest BCUT2D eigenvalue weighted by Crippen LogP contribution is 2.29. The van der Waals surface area contributed by atoms with Crippen LogP contribution in [0, 0.1) is 0 Å². The number of aromatic amines is 1. The Morgan fingerprint density at radius 3 is 2.73 bits per heavy atom. The molecular formula is C22H22ClN3O4. The second-order valence-electron chi connectivity index (χ2n) is 7.18. The summed E-state index contributed by atoms with van der Waals surface area (Å²) in [5, 5.41) is 3.96. The Kier molecular flexibility index (Phi) is 5.65. The van der Waals surface area contributed by atoms with E-state index in [-0.39, 0.29) is 17.9 Å². The van der Waals surface area contributed by atoms with E-state index in [4.69, 9.17) is 21.1 Å². The summed E-state index contributed by atoms with van der Waals surface area (Å²) in [4.78, 5) is 30.8. The predicted octanol–water partition coefficient (Wildman–Crippen LogP) is 3.20. The Bertz CT molecular complexity index is 1170. The lowest BCUT2D eigenvalue weighted by atomic mass is 10.0. The molecule has 4 rings (SSSR count). The number of H-pyrrole nitrogens is 1. The summed E-state index contributed by atoms with van der Waals surface area (Å²) in [7, 11) is 3.10. The minimum atomic E-state index is -0.161. The summed E-state index contributed by atoms with van der Waals surface area (Å²) in [5.74, 6) is 0.972. The minimum absolute atomic E-state index is 0.0359. The number of nitrogens with one attached hydrogen (secondary N) is 2. The maximum absolute atomic E-state index is 12.9. The molecule has 0 spiro atoms. The molecule has 2 N–H and O–H groups in total. The van der Waals surface area contributed by atoms with Gasteiger partial charge in [0.15, 0.2) is 16.9 Å². The second kappa shape index (κ2) is 8.38. The Morgan fingerprint density at radius 1 is 1.17 bits per heavy atom. The van der Waals surface area contributed by atoms with Gasteiger partial charge in [-0.1, -0.05) is 11.6 Å². The third kappa shape index (κ3) is 3.99. The van der Waals surface area contributed by atoms with E-state index in [9.17, 15) is 9.59 Å². The maximum Gasteiger partial charge on any atom is 0.238 e. The maximum atomic E-state index is 12.9. The van der Waals surface area contributed by atoms with Crippen molar-refractivity contribution in [2.45, 2.75) is 13.0 Å². The van der Waals surface area contributed by atoms with Crippen molar-refractivity contribution in [2.75, 3.05) is 32.6 Å². The molecule has 8 heteroatoms. The fraction of sp³-hybridized carbons (Fsp3) is 0.273. The quantitative estimate of drug-likeness (QED) is 0.653. The molecule has 0 bridgehead atoms. The zero-order chi connectivity index (χ0) is 21.3. The number of pyridine rings is 1. The van der Waals surface area contributed by atoms with Crippen molar-refractivity contribution in [1.82, 2.24) is 9.88 Å². The number of methoxy groups -OCH3 is 2. The second-order valence-corrected chi connectivity index (χ2v) is 7.62. The van der Waals surface area contributed by atoms with E-state index in [0.717, 1.165) is 11.2 Å². The van der Waals surface area contributed by atoms with E-state index in [0.29, 0.717) is 52.7 Å². The van der Waals surface area contributed by atoms with Crippen molar-refractivity contribution in [1.29, 1.82) is 0 Å². The van der Waals surface area contributed by atoms with Gasteiger partial charge in [0.05, 0.1) is 20.8 Å². The largest absolute Gasteiger partial charge is 0.493 e. The topological polar surface area (TPSA) is 83.7 Å². The molecule has 0 fully saturated rings. The van der Waals surface area contributed by atoms with Crippen LogP contribution in [0.4, 0.5) is 5.69 Å². The highest BCUT2D eigenvalue weighted by molar-refractivity contribution is 6.31. The molecule has 0 atom stereocenters. The van der Waals surface area contributed by atoms with Crippen molar-refractivity contribution in [3.63, 3.8) is 0 Å². The first-order valence-electron chi connectivity index (χ1n) is 9.56. The van der Waals surface area contributed by atoms with Gasteiger partial charge < -0.3 is 19.8 Å². The molecule has 0 saturated heterocycles. The summed E-state index contributed by atoms with van der Waals surface area (Å²) >= 11 is 6.06. The zero-order valence-electron chi connectivity index (χ0n) is 16.8. The number of carbonyl (C=O) groups is 1. The lowest BCUT2D eigenvalue weighted by Gasteiger charge is -2.28. The molecule has 1 amide bonds. The molecule has 3 aromatic rings. The number of fused-ring (bicyclic) bond motifs is 2. The average molecular weight is 428 g/mol. The van der Waals surface area contributed by atoms with E-state index in [1.54, 1.807) is 44.6 Å². The number of benzene rings is 2. The Balaban J connectivity index is 1.48. The van der Waals surface area contributed by atoms with Crippen LogP contribution < -0.4 is 20.2 Å². The first-order valence-corrected chi connectivity index (χ1v) is 9.94. The summed E-state index contributed by atoms with van der Waals surface area (Å²) in [6, 6.07) is 10.5. The molecule has 2 aromatic carbocycles. The molecule has 1 aromatic heterocycles. The van der Waals surface area contributed by atoms with E-state index in [1.807, 2.05) is 11.0 Å². The SMILES string of the molecule is COc1ccc(NC(=O)CN2CCc3[nH]c4ccc(Cl)cc4c(=O)c3C2)cc1OC. The fourth-order valence-corrected chi connectivity index (χ4v) is 3.93. The molecular weight excluding hydrogens is 406 g/mol. The number of hydrogen-bond donors (Lipinski definition) is 2. The number of hydrogen-bond acceptors (Lipinski definition) is 5. The first kappa shape index (κ1) is 20.3. The lowest BCUT2D eigenvalue weighted by molar-refractivity contribution is -0.117. The molecule has 0 aliphatic carbocycles. The normalized spacial score (nSPS) is 13.7. The predicted molar refractivity (Wildman–Crippen MR) is 117 cm³/mol. The molecule has 0 saturated carbocycles. The Hall–Kier alpha value is -3.03. The van der Waals surface area contributed by atoms with Gasteiger partial charge in [-0.15, -0.1) is 0 Å². The van der Waals surface area contributed by atoms with Crippen molar-refractivity contribution >= 4 is 34.1 Å². The molecule has 2 heterocycles. The van der Waals surface area contributed by atoms with Crippen LogP contribution in [-0.4, -0.2) is 43.1 Å². The molecule has 7 nitrogen and oxygen atoms in total. The monoisotopic (exact) mass is 427 g/mol. The van der Waals surface area contributed by atoms with Crippen LogP contribution in [0.2, 0.25) is 5.02 Å². The van der Waals surface area contributed by atoms with E-state index < -0.39 is 0 Å². The van der Waals surface area contributed by atoms with E-state index >= 15 is 0 Å². The highest BCUT2D eigenvalue weighted by Gasteiger charge is 2.22.